The van der Waals surface area contributed by atoms with Gasteiger partial charge in [-0.25, -0.2) is 0 Å². The van der Waals surface area contributed by atoms with Crippen LogP contribution in [0.2, 0.25) is 0 Å². The standard InChI is InChI=1S/C10H12N6O2/c17-10(18)6-7-2-1-5-15(7)9-4-3-8-11-13-14-16(8)12-9/h3-4,7H,1-2,5-6H2,(H,17,18). The van der Waals surface area contributed by atoms with Crippen LogP contribution in [0.15, 0.2) is 12.1 Å². The van der Waals surface area contributed by atoms with Gasteiger partial charge in [-0.2, -0.15) is 0 Å². The molecule has 0 aliphatic carbocycles. The molecule has 1 atom stereocenters. The van der Waals surface area contributed by atoms with Crippen LogP contribution in [0.5, 0.6) is 0 Å². The highest BCUT2D eigenvalue weighted by Crippen LogP contribution is 2.25. The van der Waals surface area contributed by atoms with E-state index >= 15 is 0 Å². The number of hydrogen-bond donors (Lipinski definition) is 1. The lowest BCUT2D eigenvalue weighted by atomic mass is 10.1. The minimum atomic E-state index is -0.782. The maximum Gasteiger partial charge on any atom is 0.305 e. The van der Waals surface area contributed by atoms with Crippen molar-refractivity contribution in [2.75, 3.05) is 11.4 Å². The van der Waals surface area contributed by atoms with Crippen molar-refractivity contribution in [3.63, 3.8) is 0 Å². The first-order chi connectivity index (χ1) is 8.74. The van der Waals surface area contributed by atoms with Crippen molar-refractivity contribution in [2.45, 2.75) is 25.3 Å². The Labute approximate surface area is 102 Å². The lowest BCUT2D eigenvalue weighted by molar-refractivity contribution is -0.137. The number of nitrogens with zero attached hydrogens (tertiary/aromatic N) is 6. The third-order valence-electron chi connectivity index (χ3n) is 3.14. The molecular formula is C10H12N6O2. The zero-order valence-electron chi connectivity index (χ0n) is 9.60. The lowest BCUT2D eigenvalue weighted by Crippen LogP contribution is -2.32. The number of anilines is 1. The number of hydrogen-bond acceptors (Lipinski definition) is 6. The Kier molecular flexibility index (Phi) is 2.54. The largest absolute Gasteiger partial charge is 0.481 e. The molecule has 1 saturated heterocycles. The van der Waals surface area contributed by atoms with Crippen molar-refractivity contribution in [3.05, 3.63) is 12.1 Å². The fraction of sp³-hybridized carbons (Fsp3) is 0.500. The van der Waals surface area contributed by atoms with Gasteiger partial charge < -0.3 is 10.0 Å². The van der Waals surface area contributed by atoms with Gasteiger partial charge in [-0.1, -0.05) is 0 Å². The summed E-state index contributed by atoms with van der Waals surface area (Å²) in [4.78, 5) is 12.8. The third-order valence-corrected chi connectivity index (χ3v) is 3.14. The fourth-order valence-electron chi connectivity index (χ4n) is 2.34. The average Bonchev–Trinajstić information content (AvgIpc) is 2.95. The van der Waals surface area contributed by atoms with Crippen LogP contribution in [-0.4, -0.2) is 48.9 Å². The fourth-order valence-corrected chi connectivity index (χ4v) is 2.34. The van der Waals surface area contributed by atoms with Gasteiger partial charge in [0.05, 0.1) is 6.42 Å². The highest BCUT2D eigenvalue weighted by atomic mass is 16.4. The van der Waals surface area contributed by atoms with Crippen molar-refractivity contribution in [1.29, 1.82) is 0 Å². The molecule has 1 aliphatic heterocycles. The molecular weight excluding hydrogens is 236 g/mol. The Morgan fingerprint density at radius 2 is 2.39 bits per heavy atom. The Hall–Kier alpha value is -2.25. The van der Waals surface area contributed by atoms with E-state index in [4.69, 9.17) is 5.11 Å². The number of carbonyl (C=O) groups is 1. The number of tetrazole rings is 1. The van der Waals surface area contributed by atoms with Crippen LogP contribution >= 0.6 is 0 Å². The predicted molar refractivity (Wildman–Crippen MR) is 61.2 cm³/mol. The quantitative estimate of drug-likeness (QED) is 0.814. The molecule has 1 aliphatic rings. The number of carboxylic acid groups (broad SMARTS) is 1. The molecule has 3 rings (SSSR count). The van der Waals surface area contributed by atoms with E-state index in [-0.39, 0.29) is 12.5 Å². The molecule has 1 unspecified atom stereocenters. The Bertz CT molecular complexity index is 583. The second kappa shape index (κ2) is 4.21. The van der Waals surface area contributed by atoms with Crippen LogP contribution in [0.1, 0.15) is 19.3 Å². The van der Waals surface area contributed by atoms with Crippen LogP contribution in [0.4, 0.5) is 5.82 Å². The van der Waals surface area contributed by atoms with Gasteiger partial charge >= 0.3 is 5.97 Å². The van der Waals surface area contributed by atoms with Gasteiger partial charge in [0, 0.05) is 12.6 Å². The van der Waals surface area contributed by atoms with E-state index in [1.807, 2.05) is 11.0 Å². The van der Waals surface area contributed by atoms with E-state index in [2.05, 4.69) is 20.6 Å². The molecule has 18 heavy (non-hydrogen) atoms. The lowest BCUT2D eigenvalue weighted by Gasteiger charge is -2.23. The van der Waals surface area contributed by atoms with Crippen molar-refractivity contribution in [3.8, 4) is 0 Å². The molecule has 8 nitrogen and oxygen atoms in total. The highest BCUT2D eigenvalue weighted by molar-refractivity contribution is 5.68. The molecule has 0 bridgehead atoms. The normalized spacial score (nSPS) is 19.6. The minimum absolute atomic E-state index is 0.00364. The molecule has 1 N–H and O–H groups in total. The molecule has 94 valence electrons. The summed E-state index contributed by atoms with van der Waals surface area (Å²) in [5, 5.41) is 24.2. The molecule has 1 fully saturated rings. The van der Waals surface area contributed by atoms with Gasteiger partial charge in [0.15, 0.2) is 11.5 Å². The van der Waals surface area contributed by atoms with Gasteiger partial charge in [0.1, 0.15) is 0 Å². The first kappa shape index (κ1) is 10.9. The number of fused-ring (bicyclic) bond motifs is 1. The smallest absolute Gasteiger partial charge is 0.305 e. The first-order valence-electron chi connectivity index (χ1n) is 5.78. The van der Waals surface area contributed by atoms with Crippen LogP contribution in [-0.2, 0) is 4.79 Å². The number of aliphatic carboxylic acids is 1. The molecule has 0 aromatic carbocycles. The molecule has 3 heterocycles. The van der Waals surface area contributed by atoms with Gasteiger partial charge in [0.25, 0.3) is 0 Å². The van der Waals surface area contributed by atoms with E-state index in [9.17, 15) is 4.79 Å². The Morgan fingerprint density at radius 3 is 3.22 bits per heavy atom. The summed E-state index contributed by atoms with van der Waals surface area (Å²) in [6, 6.07) is 3.61. The monoisotopic (exact) mass is 248 g/mol. The zero-order valence-corrected chi connectivity index (χ0v) is 9.60. The minimum Gasteiger partial charge on any atom is -0.481 e. The third kappa shape index (κ3) is 1.85. The van der Waals surface area contributed by atoms with E-state index < -0.39 is 5.97 Å². The topological polar surface area (TPSA) is 96.5 Å². The van der Waals surface area contributed by atoms with Crippen molar-refractivity contribution < 1.29 is 9.90 Å². The molecule has 0 saturated carbocycles. The maximum absolute atomic E-state index is 10.8. The average molecular weight is 248 g/mol. The number of rotatable bonds is 3. The second-order valence-corrected chi connectivity index (χ2v) is 4.31. The summed E-state index contributed by atoms with van der Waals surface area (Å²) in [5.74, 6) is -0.0612. The van der Waals surface area contributed by atoms with Crippen LogP contribution in [0, 0.1) is 0 Å². The molecule has 2 aromatic rings. The maximum atomic E-state index is 10.8. The molecule has 8 heteroatoms. The molecule has 0 spiro atoms. The van der Waals surface area contributed by atoms with E-state index in [0.717, 1.165) is 25.2 Å². The molecule has 0 radical (unpaired) electrons. The Morgan fingerprint density at radius 1 is 1.50 bits per heavy atom. The van der Waals surface area contributed by atoms with E-state index in [0.29, 0.717) is 5.65 Å². The van der Waals surface area contributed by atoms with E-state index in [1.165, 1.54) is 4.63 Å². The van der Waals surface area contributed by atoms with Crippen LogP contribution < -0.4 is 4.90 Å². The SMILES string of the molecule is O=C(O)CC1CCCN1c1ccc2nnnn2n1. The Balaban J connectivity index is 1.90. The summed E-state index contributed by atoms with van der Waals surface area (Å²) in [6.07, 6.45) is 1.99. The summed E-state index contributed by atoms with van der Waals surface area (Å²) in [5.41, 5.74) is 0.577. The van der Waals surface area contributed by atoms with Gasteiger partial charge in [0.2, 0.25) is 0 Å². The van der Waals surface area contributed by atoms with Gasteiger partial charge in [-0.05, 0) is 35.4 Å². The van der Waals surface area contributed by atoms with Gasteiger partial charge in [-0.3, -0.25) is 4.79 Å². The summed E-state index contributed by atoms with van der Waals surface area (Å²) < 4.78 is 1.35. The summed E-state index contributed by atoms with van der Waals surface area (Å²) in [7, 11) is 0. The first-order valence-corrected chi connectivity index (χ1v) is 5.78. The summed E-state index contributed by atoms with van der Waals surface area (Å²) in [6.45, 7) is 0.818. The van der Waals surface area contributed by atoms with Gasteiger partial charge in [-0.15, -0.1) is 14.8 Å². The highest BCUT2D eigenvalue weighted by Gasteiger charge is 2.27. The number of aromatic nitrogens is 5. The van der Waals surface area contributed by atoms with Crippen molar-refractivity contribution in [1.82, 2.24) is 25.3 Å². The molecule has 0 amide bonds. The van der Waals surface area contributed by atoms with Crippen LogP contribution in [0.25, 0.3) is 5.65 Å². The zero-order chi connectivity index (χ0) is 12.5. The molecule has 2 aromatic heterocycles. The van der Waals surface area contributed by atoms with Crippen molar-refractivity contribution >= 4 is 17.4 Å². The van der Waals surface area contributed by atoms with E-state index in [1.54, 1.807) is 6.07 Å². The van der Waals surface area contributed by atoms with Crippen molar-refractivity contribution in [2.24, 2.45) is 0 Å². The summed E-state index contributed by atoms with van der Waals surface area (Å²) >= 11 is 0. The number of carboxylic acids is 1. The van der Waals surface area contributed by atoms with Crippen LogP contribution in [0.3, 0.4) is 0 Å². The predicted octanol–water partition coefficient (Wildman–Crippen LogP) is -0.0372. The second-order valence-electron chi connectivity index (χ2n) is 4.31.